The van der Waals surface area contributed by atoms with Crippen LogP contribution in [-0.4, -0.2) is 47.1 Å². The smallest absolute Gasteiger partial charge is 0.120 e. The summed E-state index contributed by atoms with van der Waals surface area (Å²) in [7, 11) is 0. The summed E-state index contributed by atoms with van der Waals surface area (Å²) in [4.78, 5) is 5.23. The first-order valence-electron chi connectivity index (χ1n) is 8.05. The maximum absolute atomic E-state index is 10.1. The maximum Gasteiger partial charge on any atom is 0.120 e. The highest BCUT2D eigenvalue weighted by molar-refractivity contribution is 5.34. The first kappa shape index (κ1) is 13.9. The highest BCUT2D eigenvalue weighted by Crippen LogP contribution is 2.34. The van der Waals surface area contributed by atoms with Crippen molar-refractivity contribution in [1.82, 2.24) is 9.80 Å². The second kappa shape index (κ2) is 6.15. The molecule has 2 atom stereocenters. The molecule has 2 unspecified atom stereocenters. The second-order valence-electron chi connectivity index (χ2n) is 6.16. The van der Waals surface area contributed by atoms with Crippen LogP contribution in [0, 0.1) is 0 Å². The van der Waals surface area contributed by atoms with Gasteiger partial charge in [-0.3, -0.25) is 9.80 Å². The van der Waals surface area contributed by atoms with E-state index in [4.69, 9.17) is 0 Å². The fraction of sp³-hybridized carbons (Fsp3) is 0.647. The zero-order chi connectivity index (χ0) is 13.9. The van der Waals surface area contributed by atoms with Crippen LogP contribution in [0.2, 0.25) is 0 Å². The predicted molar refractivity (Wildman–Crippen MR) is 81.9 cm³/mol. The molecule has 3 rings (SSSR count). The van der Waals surface area contributed by atoms with Gasteiger partial charge in [0.15, 0.2) is 0 Å². The van der Waals surface area contributed by atoms with Crippen LogP contribution in [0.15, 0.2) is 24.3 Å². The Balaban J connectivity index is 1.70. The summed E-state index contributed by atoms with van der Waals surface area (Å²) in [5.74, 6) is 0.448. The predicted octanol–water partition coefficient (Wildman–Crippen LogP) is 3.01. The van der Waals surface area contributed by atoms with Gasteiger partial charge in [0.25, 0.3) is 0 Å². The maximum atomic E-state index is 10.1. The number of hydrogen-bond donors (Lipinski definition) is 1. The Morgan fingerprint density at radius 2 is 1.95 bits per heavy atom. The van der Waals surface area contributed by atoms with Gasteiger partial charge < -0.3 is 5.11 Å². The van der Waals surface area contributed by atoms with Crippen LogP contribution in [0.1, 0.15) is 44.2 Å². The number of phenolic OH excluding ortho intramolecular Hbond substituents is 1. The molecule has 0 radical (unpaired) electrons. The largest absolute Gasteiger partial charge is 0.508 e. The SMILES string of the molecule is CCC(c1ccccc1O)N1CCC(N2CCCC2)C1. The molecule has 0 bridgehead atoms. The molecular weight excluding hydrogens is 248 g/mol. The van der Waals surface area contributed by atoms with E-state index in [0.29, 0.717) is 11.8 Å². The van der Waals surface area contributed by atoms with E-state index in [9.17, 15) is 5.11 Å². The minimum Gasteiger partial charge on any atom is -0.508 e. The molecular formula is C17H26N2O. The third kappa shape index (κ3) is 2.70. The summed E-state index contributed by atoms with van der Waals surface area (Å²) >= 11 is 0. The molecule has 2 fully saturated rings. The van der Waals surface area contributed by atoms with Crippen molar-refractivity contribution in [2.45, 2.75) is 44.7 Å². The van der Waals surface area contributed by atoms with Crippen LogP contribution in [-0.2, 0) is 0 Å². The van der Waals surface area contributed by atoms with Crippen LogP contribution in [0.5, 0.6) is 5.75 Å². The molecule has 2 aliphatic rings. The van der Waals surface area contributed by atoms with Crippen molar-refractivity contribution < 1.29 is 5.11 Å². The van der Waals surface area contributed by atoms with E-state index in [1.165, 1.54) is 32.4 Å². The van der Waals surface area contributed by atoms with Crippen molar-refractivity contribution in [3.63, 3.8) is 0 Å². The molecule has 0 aromatic heterocycles. The molecule has 2 heterocycles. The van der Waals surface area contributed by atoms with Gasteiger partial charge >= 0.3 is 0 Å². The highest BCUT2D eigenvalue weighted by atomic mass is 16.3. The van der Waals surface area contributed by atoms with Gasteiger partial charge in [-0.25, -0.2) is 0 Å². The number of aromatic hydroxyl groups is 1. The average Bonchev–Trinajstić information content (AvgIpc) is 3.12. The summed E-state index contributed by atoms with van der Waals surface area (Å²) in [5.41, 5.74) is 1.09. The molecule has 0 amide bonds. The van der Waals surface area contributed by atoms with Gasteiger partial charge in [-0.05, 0) is 44.8 Å². The third-order valence-corrected chi connectivity index (χ3v) is 4.98. The molecule has 3 nitrogen and oxygen atoms in total. The monoisotopic (exact) mass is 274 g/mol. The van der Waals surface area contributed by atoms with Gasteiger partial charge in [0.05, 0.1) is 0 Å². The van der Waals surface area contributed by atoms with Crippen molar-refractivity contribution in [1.29, 1.82) is 0 Å². The lowest BCUT2D eigenvalue weighted by Crippen LogP contribution is -2.36. The lowest BCUT2D eigenvalue weighted by Gasteiger charge is -2.29. The normalized spacial score (nSPS) is 26.1. The van der Waals surface area contributed by atoms with Gasteiger partial charge in [-0.1, -0.05) is 25.1 Å². The van der Waals surface area contributed by atoms with Crippen LogP contribution in [0.3, 0.4) is 0 Å². The number of benzene rings is 1. The van der Waals surface area contributed by atoms with E-state index < -0.39 is 0 Å². The molecule has 2 saturated heterocycles. The second-order valence-corrected chi connectivity index (χ2v) is 6.16. The summed E-state index contributed by atoms with van der Waals surface area (Å²) in [6.07, 6.45) is 5.08. The van der Waals surface area contributed by atoms with Crippen molar-refractivity contribution in [2.75, 3.05) is 26.2 Å². The fourth-order valence-corrected chi connectivity index (χ4v) is 3.90. The Hall–Kier alpha value is -1.06. The van der Waals surface area contributed by atoms with Crippen LogP contribution in [0.25, 0.3) is 0 Å². The zero-order valence-electron chi connectivity index (χ0n) is 12.5. The number of likely N-dealkylation sites (tertiary alicyclic amines) is 2. The molecule has 2 aliphatic heterocycles. The first-order valence-corrected chi connectivity index (χ1v) is 8.05. The van der Waals surface area contributed by atoms with Gasteiger partial charge in [0, 0.05) is 30.7 Å². The van der Waals surface area contributed by atoms with Crippen molar-refractivity contribution in [2.24, 2.45) is 0 Å². The molecule has 0 spiro atoms. The highest BCUT2D eigenvalue weighted by Gasteiger charge is 2.33. The molecule has 1 N–H and O–H groups in total. The van der Waals surface area contributed by atoms with Crippen molar-refractivity contribution in [3.8, 4) is 5.75 Å². The van der Waals surface area contributed by atoms with Crippen LogP contribution >= 0.6 is 0 Å². The molecule has 1 aromatic carbocycles. The minimum absolute atomic E-state index is 0.365. The van der Waals surface area contributed by atoms with E-state index in [2.05, 4.69) is 22.8 Å². The van der Waals surface area contributed by atoms with E-state index >= 15 is 0 Å². The summed E-state index contributed by atoms with van der Waals surface area (Å²) in [5, 5.41) is 10.1. The van der Waals surface area contributed by atoms with Gasteiger partial charge in [-0.2, -0.15) is 0 Å². The van der Waals surface area contributed by atoms with E-state index in [1.54, 1.807) is 0 Å². The Kier molecular flexibility index (Phi) is 4.27. The van der Waals surface area contributed by atoms with E-state index in [-0.39, 0.29) is 0 Å². The quantitative estimate of drug-likeness (QED) is 0.914. The molecule has 1 aromatic rings. The number of para-hydroxylation sites is 1. The van der Waals surface area contributed by atoms with E-state index in [0.717, 1.165) is 31.1 Å². The standard InChI is InChI=1S/C17H26N2O/c1-2-16(15-7-3-4-8-17(15)20)19-12-9-14(13-19)18-10-5-6-11-18/h3-4,7-8,14,16,20H,2,5-6,9-13H2,1H3. The molecule has 20 heavy (non-hydrogen) atoms. The number of hydrogen-bond acceptors (Lipinski definition) is 3. The van der Waals surface area contributed by atoms with Crippen LogP contribution in [0.4, 0.5) is 0 Å². The zero-order valence-corrected chi connectivity index (χ0v) is 12.5. The Labute approximate surface area is 122 Å². The van der Waals surface area contributed by atoms with E-state index in [1.807, 2.05) is 18.2 Å². The Bertz CT molecular complexity index is 442. The summed E-state index contributed by atoms with van der Waals surface area (Å²) < 4.78 is 0. The minimum atomic E-state index is 0.365. The Morgan fingerprint density at radius 3 is 2.65 bits per heavy atom. The molecule has 110 valence electrons. The van der Waals surface area contributed by atoms with Gasteiger partial charge in [-0.15, -0.1) is 0 Å². The fourth-order valence-electron chi connectivity index (χ4n) is 3.90. The third-order valence-electron chi connectivity index (χ3n) is 4.98. The lowest BCUT2D eigenvalue weighted by molar-refractivity contribution is 0.194. The van der Waals surface area contributed by atoms with Gasteiger partial charge in [0.2, 0.25) is 0 Å². The summed E-state index contributed by atoms with van der Waals surface area (Å²) in [6.45, 7) is 7.11. The van der Waals surface area contributed by atoms with Crippen LogP contribution < -0.4 is 0 Å². The molecule has 0 saturated carbocycles. The summed E-state index contributed by atoms with van der Waals surface area (Å²) in [6, 6.07) is 8.92. The number of rotatable bonds is 4. The lowest BCUT2D eigenvalue weighted by atomic mass is 10.0. The molecule has 0 aliphatic carbocycles. The Morgan fingerprint density at radius 1 is 1.20 bits per heavy atom. The first-order chi connectivity index (χ1) is 9.79. The average molecular weight is 274 g/mol. The molecule has 3 heteroatoms. The number of phenols is 1. The van der Waals surface area contributed by atoms with Crippen molar-refractivity contribution in [3.05, 3.63) is 29.8 Å². The van der Waals surface area contributed by atoms with Crippen molar-refractivity contribution >= 4 is 0 Å². The van der Waals surface area contributed by atoms with Gasteiger partial charge in [0.1, 0.15) is 5.75 Å². The number of nitrogens with zero attached hydrogens (tertiary/aromatic N) is 2. The topological polar surface area (TPSA) is 26.7 Å².